The van der Waals surface area contributed by atoms with E-state index in [0.29, 0.717) is 28.6 Å². The molecule has 0 saturated carbocycles. The number of methoxy groups -OCH3 is 3. The van der Waals surface area contributed by atoms with Crippen LogP contribution in [0.25, 0.3) is 0 Å². The molecule has 0 unspecified atom stereocenters. The number of rotatable bonds is 7. The number of hydrogen-bond acceptors (Lipinski definition) is 5. The van der Waals surface area contributed by atoms with E-state index in [1.54, 1.807) is 33.5 Å². The number of para-hydroxylation sites is 1. The Hall–Kier alpha value is -2.89. The summed E-state index contributed by atoms with van der Waals surface area (Å²) in [7, 11) is 4.68. The van der Waals surface area contributed by atoms with Crippen LogP contribution in [0.3, 0.4) is 0 Å². The first-order valence-electron chi connectivity index (χ1n) is 6.95. The highest BCUT2D eigenvalue weighted by atomic mass is 16.5. The minimum absolute atomic E-state index is 0.0366. The second kappa shape index (κ2) is 7.40. The molecule has 0 aliphatic carbocycles. The van der Waals surface area contributed by atoms with E-state index in [1.807, 2.05) is 24.3 Å². The number of ether oxygens (including phenoxy) is 4. The predicted molar refractivity (Wildman–Crippen MR) is 87.9 cm³/mol. The Balaban J connectivity index is 2.26. The number of nitrogen functional groups attached to an aromatic ring is 1. The van der Waals surface area contributed by atoms with Crippen LogP contribution in [0.15, 0.2) is 36.4 Å². The summed E-state index contributed by atoms with van der Waals surface area (Å²) in [5.74, 6) is 2.16. The second-order valence-corrected chi connectivity index (χ2v) is 4.73. The van der Waals surface area contributed by atoms with Gasteiger partial charge in [0, 0.05) is 0 Å². The van der Waals surface area contributed by atoms with Crippen molar-refractivity contribution in [2.24, 2.45) is 5.73 Å². The van der Waals surface area contributed by atoms with Gasteiger partial charge >= 0.3 is 0 Å². The molecular weight excluding hydrogens is 296 g/mol. The molecule has 0 aromatic heterocycles. The fourth-order valence-electron chi connectivity index (χ4n) is 2.19. The van der Waals surface area contributed by atoms with Crippen molar-refractivity contribution in [3.8, 4) is 23.0 Å². The summed E-state index contributed by atoms with van der Waals surface area (Å²) in [4.78, 5) is 0. The zero-order valence-electron chi connectivity index (χ0n) is 13.4. The van der Waals surface area contributed by atoms with Crippen LogP contribution in [0.5, 0.6) is 23.0 Å². The maximum absolute atomic E-state index is 7.58. The average molecular weight is 316 g/mol. The second-order valence-electron chi connectivity index (χ2n) is 4.73. The fraction of sp³-hybridized carbons (Fsp3) is 0.235. The summed E-state index contributed by atoms with van der Waals surface area (Å²) >= 11 is 0. The van der Waals surface area contributed by atoms with Gasteiger partial charge in [-0.05, 0) is 29.8 Å². The number of benzene rings is 2. The van der Waals surface area contributed by atoms with Crippen molar-refractivity contribution < 1.29 is 18.9 Å². The summed E-state index contributed by atoms with van der Waals surface area (Å²) in [5.41, 5.74) is 6.96. The maximum Gasteiger partial charge on any atom is 0.203 e. The van der Waals surface area contributed by atoms with Crippen LogP contribution in [0, 0.1) is 5.41 Å². The summed E-state index contributed by atoms with van der Waals surface area (Å²) < 4.78 is 21.7. The highest BCUT2D eigenvalue weighted by Gasteiger charge is 2.14. The topological polar surface area (TPSA) is 86.8 Å². The van der Waals surface area contributed by atoms with Gasteiger partial charge in [-0.15, -0.1) is 0 Å². The molecule has 6 heteroatoms. The molecule has 0 atom stereocenters. The van der Waals surface area contributed by atoms with Crippen molar-refractivity contribution in [3.63, 3.8) is 0 Å². The van der Waals surface area contributed by atoms with Crippen molar-refractivity contribution >= 4 is 5.84 Å². The highest BCUT2D eigenvalue weighted by molar-refractivity contribution is 5.97. The lowest BCUT2D eigenvalue weighted by Crippen LogP contribution is -2.13. The SMILES string of the molecule is COc1cc(COc2ccccc2C(=N)N)cc(OC)c1OC. The first kappa shape index (κ1) is 16.5. The van der Waals surface area contributed by atoms with Crippen molar-refractivity contribution in [3.05, 3.63) is 47.5 Å². The van der Waals surface area contributed by atoms with Gasteiger partial charge in [-0.2, -0.15) is 0 Å². The molecule has 23 heavy (non-hydrogen) atoms. The molecule has 2 aromatic carbocycles. The van der Waals surface area contributed by atoms with E-state index in [9.17, 15) is 0 Å². The Morgan fingerprint density at radius 3 is 2.09 bits per heavy atom. The van der Waals surface area contributed by atoms with Gasteiger partial charge in [-0.3, -0.25) is 5.41 Å². The van der Waals surface area contributed by atoms with Gasteiger partial charge < -0.3 is 24.7 Å². The standard InChI is InChI=1S/C17H20N2O4/c1-20-14-8-11(9-15(21-2)16(14)22-3)10-23-13-7-5-4-6-12(13)17(18)19/h4-9H,10H2,1-3H3,(H3,18,19). The molecule has 0 saturated heterocycles. The summed E-state index contributed by atoms with van der Waals surface area (Å²) in [6, 6.07) is 10.8. The van der Waals surface area contributed by atoms with E-state index in [1.165, 1.54) is 0 Å². The molecule has 2 aromatic rings. The summed E-state index contributed by atoms with van der Waals surface area (Å²) in [6.45, 7) is 0.279. The summed E-state index contributed by atoms with van der Waals surface area (Å²) in [6.07, 6.45) is 0. The van der Waals surface area contributed by atoms with E-state index in [2.05, 4.69) is 0 Å². The zero-order valence-corrected chi connectivity index (χ0v) is 13.4. The molecule has 0 spiro atoms. The van der Waals surface area contributed by atoms with E-state index in [-0.39, 0.29) is 12.4 Å². The largest absolute Gasteiger partial charge is 0.493 e. The lowest BCUT2D eigenvalue weighted by atomic mass is 10.1. The van der Waals surface area contributed by atoms with Crippen LogP contribution in [0.4, 0.5) is 0 Å². The van der Waals surface area contributed by atoms with Gasteiger partial charge in [0.15, 0.2) is 11.5 Å². The molecule has 0 fully saturated rings. The molecule has 0 heterocycles. The Labute approximate surface area is 135 Å². The average Bonchev–Trinajstić information content (AvgIpc) is 2.58. The van der Waals surface area contributed by atoms with E-state index in [4.69, 9.17) is 30.1 Å². The van der Waals surface area contributed by atoms with Gasteiger partial charge in [-0.1, -0.05) is 12.1 Å². The van der Waals surface area contributed by atoms with Crippen LogP contribution in [-0.2, 0) is 6.61 Å². The Morgan fingerprint density at radius 1 is 0.957 bits per heavy atom. The van der Waals surface area contributed by atoms with Crippen molar-refractivity contribution in [2.75, 3.05) is 21.3 Å². The third-order valence-electron chi connectivity index (χ3n) is 3.30. The molecule has 3 N–H and O–H groups in total. The predicted octanol–water partition coefficient (Wildman–Crippen LogP) is 2.58. The smallest absolute Gasteiger partial charge is 0.203 e. The zero-order chi connectivity index (χ0) is 16.8. The highest BCUT2D eigenvalue weighted by Crippen LogP contribution is 2.38. The molecular formula is C17H20N2O4. The van der Waals surface area contributed by atoms with E-state index < -0.39 is 0 Å². The minimum atomic E-state index is -0.0366. The van der Waals surface area contributed by atoms with Gasteiger partial charge in [0.05, 0.1) is 26.9 Å². The molecule has 6 nitrogen and oxygen atoms in total. The number of nitrogens with one attached hydrogen (secondary N) is 1. The molecule has 0 aliphatic heterocycles. The summed E-state index contributed by atoms with van der Waals surface area (Å²) in [5, 5.41) is 7.58. The molecule has 0 aliphatic rings. The van der Waals surface area contributed by atoms with Crippen molar-refractivity contribution in [2.45, 2.75) is 6.61 Å². The number of hydrogen-bond donors (Lipinski definition) is 2. The van der Waals surface area contributed by atoms with Gasteiger partial charge in [0.25, 0.3) is 0 Å². The molecule has 2 rings (SSSR count). The van der Waals surface area contributed by atoms with Crippen LogP contribution >= 0.6 is 0 Å². The molecule has 0 amide bonds. The van der Waals surface area contributed by atoms with Crippen molar-refractivity contribution in [1.29, 1.82) is 5.41 Å². The lowest BCUT2D eigenvalue weighted by Gasteiger charge is -2.15. The lowest BCUT2D eigenvalue weighted by molar-refractivity contribution is 0.298. The first-order valence-corrected chi connectivity index (χ1v) is 6.95. The van der Waals surface area contributed by atoms with Gasteiger partial charge in [0.1, 0.15) is 18.2 Å². The van der Waals surface area contributed by atoms with E-state index >= 15 is 0 Å². The Morgan fingerprint density at radius 2 is 1.57 bits per heavy atom. The van der Waals surface area contributed by atoms with E-state index in [0.717, 1.165) is 5.56 Å². The van der Waals surface area contributed by atoms with Crippen LogP contribution < -0.4 is 24.7 Å². The monoisotopic (exact) mass is 316 g/mol. The normalized spacial score (nSPS) is 10.0. The number of amidine groups is 1. The van der Waals surface area contributed by atoms with Crippen LogP contribution in [0.1, 0.15) is 11.1 Å². The van der Waals surface area contributed by atoms with Crippen molar-refractivity contribution in [1.82, 2.24) is 0 Å². The Kier molecular flexibility index (Phi) is 5.30. The first-order chi connectivity index (χ1) is 11.1. The van der Waals surface area contributed by atoms with Crippen LogP contribution in [0.2, 0.25) is 0 Å². The van der Waals surface area contributed by atoms with Gasteiger partial charge in [-0.25, -0.2) is 0 Å². The van der Waals surface area contributed by atoms with Gasteiger partial charge in [0.2, 0.25) is 5.75 Å². The number of nitrogens with two attached hydrogens (primary N) is 1. The third kappa shape index (κ3) is 3.66. The quantitative estimate of drug-likeness (QED) is 0.605. The third-order valence-corrected chi connectivity index (χ3v) is 3.30. The minimum Gasteiger partial charge on any atom is -0.493 e. The molecule has 0 radical (unpaired) electrons. The maximum atomic E-state index is 7.58. The van der Waals surface area contributed by atoms with Crippen LogP contribution in [-0.4, -0.2) is 27.2 Å². The Bertz CT molecular complexity index is 676. The molecule has 0 bridgehead atoms. The molecule has 122 valence electrons. The fourth-order valence-corrected chi connectivity index (χ4v) is 2.19.